The van der Waals surface area contributed by atoms with Crippen molar-refractivity contribution in [1.82, 2.24) is 19.8 Å². The van der Waals surface area contributed by atoms with E-state index in [1.807, 2.05) is 43.3 Å². The van der Waals surface area contributed by atoms with E-state index in [9.17, 15) is 4.79 Å². The first-order valence-corrected chi connectivity index (χ1v) is 10.1. The Kier molecular flexibility index (Phi) is 6.70. The highest BCUT2D eigenvalue weighted by molar-refractivity contribution is 6.31. The lowest BCUT2D eigenvalue weighted by Gasteiger charge is -2.27. The summed E-state index contributed by atoms with van der Waals surface area (Å²) in [4.78, 5) is 19.2. The first kappa shape index (κ1) is 20.4. The number of likely N-dealkylation sites (N-methyl/N-ethyl adjacent to an activating group) is 2. The summed E-state index contributed by atoms with van der Waals surface area (Å²) in [5.41, 5.74) is 3.13. The SMILES string of the molecule is CCNC(=O)CN(CC)C(C)c1nc2cc(Cl)ccc2n1Cc1ccccc1. The molecule has 0 aliphatic rings. The third-order valence-electron chi connectivity index (χ3n) is 4.97. The van der Waals surface area contributed by atoms with Gasteiger partial charge in [-0.15, -0.1) is 0 Å². The molecule has 0 aliphatic carbocycles. The van der Waals surface area contributed by atoms with Crippen molar-refractivity contribution in [3.8, 4) is 0 Å². The van der Waals surface area contributed by atoms with Crippen molar-refractivity contribution in [3.63, 3.8) is 0 Å². The molecule has 1 amide bonds. The van der Waals surface area contributed by atoms with Gasteiger partial charge in [0.15, 0.2) is 0 Å². The molecule has 1 atom stereocenters. The third kappa shape index (κ3) is 4.54. The normalized spacial score (nSPS) is 12.5. The van der Waals surface area contributed by atoms with E-state index in [0.717, 1.165) is 29.9 Å². The van der Waals surface area contributed by atoms with Crippen LogP contribution in [0.25, 0.3) is 11.0 Å². The number of nitrogens with zero attached hydrogens (tertiary/aromatic N) is 3. The van der Waals surface area contributed by atoms with Crippen LogP contribution >= 0.6 is 11.6 Å². The zero-order valence-electron chi connectivity index (χ0n) is 16.7. The van der Waals surface area contributed by atoms with Gasteiger partial charge in [0, 0.05) is 18.1 Å². The Morgan fingerprint density at radius 2 is 1.96 bits per heavy atom. The first-order chi connectivity index (χ1) is 13.5. The molecule has 0 aliphatic heterocycles. The number of carbonyl (C=O) groups is 1. The van der Waals surface area contributed by atoms with Crippen LogP contribution in [0.15, 0.2) is 48.5 Å². The molecule has 1 unspecified atom stereocenters. The summed E-state index contributed by atoms with van der Waals surface area (Å²) in [6.07, 6.45) is 0. The lowest BCUT2D eigenvalue weighted by molar-refractivity contribution is -0.122. The van der Waals surface area contributed by atoms with Crippen LogP contribution in [0.4, 0.5) is 0 Å². The molecule has 2 aromatic carbocycles. The first-order valence-electron chi connectivity index (χ1n) is 9.73. The lowest BCUT2D eigenvalue weighted by atomic mass is 10.2. The van der Waals surface area contributed by atoms with Crippen LogP contribution in [-0.4, -0.2) is 40.0 Å². The highest BCUT2D eigenvalue weighted by atomic mass is 35.5. The molecule has 3 aromatic rings. The molecule has 1 N–H and O–H groups in total. The number of nitrogens with one attached hydrogen (secondary N) is 1. The Labute approximate surface area is 171 Å². The quantitative estimate of drug-likeness (QED) is 0.616. The Hall–Kier alpha value is -2.37. The molecule has 0 bridgehead atoms. The number of imidazole rings is 1. The van der Waals surface area contributed by atoms with Crippen LogP contribution in [0, 0.1) is 0 Å². The van der Waals surface area contributed by atoms with Crippen LogP contribution in [0.2, 0.25) is 5.02 Å². The Bertz CT molecular complexity index is 938. The second-order valence-electron chi connectivity index (χ2n) is 6.87. The molecule has 0 spiro atoms. The van der Waals surface area contributed by atoms with Crippen LogP contribution < -0.4 is 5.32 Å². The summed E-state index contributed by atoms with van der Waals surface area (Å²) >= 11 is 6.20. The number of aromatic nitrogens is 2. The van der Waals surface area contributed by atoms with E-state index in [-0.39, 0.29) is 11.9 Å². The summed E-state index contributed by atoms with van der Waals surface area (Å²) < 4.78 is 2.23. The Balaban J connectivity index is 2.00. The zero-order valence-corrected chi connectivity index (χ0v) is 17.4. The molecule has 0 radical (unpaired) electrons. The van der Waals surface area contributed by atoms with E-state index >= 15 is 0 Å². The third-order valence-corrected chi connectivity index (χ3v) is 5.21. The smallest absolute Gasteiger partial charge is 0.234 e. The molecule has 5 nitrogen and oxygen atoms in total. The molecule has 28 heavy (non-hydrogen) atoms. The largest absolute Gasteiger partial charge is 0.355 e. The van der Waals surface area contributed by atoms with Crippen molar-refractivity contribution in [2.45, 2.75) is 33.4 Å². The maximum Gasteiger partial charge on any atom is 0.234 e. The van der Waals surface area contributed by atoms with Gasteiger partial charge in [-0.2, -0.15) is 0 Å². The summed E-state index contributed by atoms with van der Waals surface area (Å²) in [6.45, 7) is 8.56. The van der Waals surface area contributed by atoms with Gasteiger partial charge >= 0.3 is 0 Å². The Morgan fingerprint density at radius 3 is 2.64 bits per heavy atom. The average Bonchev–Trinajstić information content (AvgIpc) is 3.04. The molecule has 0 fully saturated rings. The maximum atomic E-state index is 12.1. The van der Waals surface area contributed by atoms with E-state index < -0.39 is 0 Å². The monoisotopic (exact) mass is 398 g/mol. The number of carbonyl (C=O) groups excluding carboxylic acids is 1. The number of fused-ring (bicyclic) bond motifs is 1. The van der Waals surface area contributed by atoms with Gasteiger partial charge in [-0.3, -0.25) is 9.69 Å². The van der Waals surface area contributed by atoms with Gasteiger partial charge in [0.1, 0.15) is 5.82 Å². The van der Waals surface area contributed by atoms with Crippen molar-refractivity contribution in [3.05, 3.63) is 64.9 Å². The number of hydrogen-bond acceptors (Lipinski definition) is 3. The van der Waals surface area contributed by atoms with Crippen molar-refractivity contribution in [2.24, 2.45) is 0 Å². The van der Waals surface area contributed by atoms with E-state index in [1.54, 1.807) is 0 Å². The summed E-state index contributed by atoms with van der Waals surface area (Å²) in [5.74, 6) is 0.970. The fourth-order valence-electron chi connectivity index (χ4n) is 3.50. The highest BCUT2D eigenvalue weighted by Crippen LogP contribution is 2.27. The summed E-state index contributed by atoms with van der Waals surface area (Å²) in [6, 6.07) is 16.1. The lowest BCUT2D eigenvalue weighted by Crippen LogP contribution is -2.39. The van der Waals surface area contributed by atoms with Gasteiger partial charge in [-0.05, 0) is 44.2 Å². The van der Waals surface area contributed by atoms with Crippen LogP contribution in [-0.2, 0) is 11.3 Å². The van der Waals surface area contributed by atoms with Gasteiger partial charge in [0.2, 0.25) is 5.91 Å². The van der Waals surface area contributed by atoms with Crippen LogP contribution in [0.5, 0.6) is 0 Å². The molecular weight excluding hydrogens is 372 g/mol. The van der Waals surface area contributed by atoms with Crippen molar-refractivity contribution < 1.29 is 4.79 Å². The second-order valence-corrected chi connectivity index (χ2v) is 7.30. The number of rotatable bonds is 8. The molecular formula is C22H27ClN4O. The molecule has 148 valence electrons. The number of benzene rings is 2. The van der Waals surface area contributed by atoms with Gasteiger partial charge in [0.25, 0.3) is 0 Å². The summed E-state index contributed by atoms with van der Waals surface area (Å²) in [7, 11) is 0. The van der Waals surface area contributed by atoms with E-state index in [1.165, 1.54) is 5.56 Å². The molecule has 1 aromatic heterocycles. The van der Waals surface area contributed by atoms with Crippen molar-refractivity contribution in [2.75, 3.05) is 19.6 Å². The standard InChI is InChI=1S/C22H27ClN4O/c1-4-24-21(28)15-26(5-2)16(3)22-25-19-13-18(23)11-12-20(19)27(22)14-17-9-7-6-8-10-17/h6-13,16H,4-5,14-15H2,1-3H3,(H,24,28). The molecule has 1 heterocycles. The Morgan fingerprint density at radius 1 is 1.21 bits per heavy atom. The van der Waals surface area contributed by atoms with Crippen molar-refractivity contribution in [1.29, 1.82) is 0 Å². The van der Waals surface area contributed by atoms with Crippen LogP contribution in [0.1, 0.15) is 38.2 Å². The number of halogens is 1. The van der Waals surface area contributed by atoms with Gasteiger partial charge in [-0.25, -0.2) is 4.98 Å². The molecule has 3 rings (SSSR count). The minimum absolute atomic E-state index is 0.0116. The molecule has 0 saturated heterocycles. The molecule has 6 heteroatoms. The minimum Gasteiger partial charge on any atom is -0.355 e. The molecule has 0 saturated carbocycles. The zero-order chi connectivity index (χ0) is 20.1. The second kappa shape index (κ2) is 9.22. The number of hydrogen-bond donors (Lipinski definition) is 1. The van der Waals surface area contributed by atoms with Gasteiger partial charge < -0.3 is 9.88 Å². The average molecular weight is 399 g/mol. The minimum atomic E-state index is -0.0116. The maximum absolute atomic E-state index is 12.1. The summed E-state index contributed by atoms with van der Waals surface area (Å²) in [5, 5.41) is 3.55. The predicted octanol–water partition coefficient (Wildman–Crippen LogP) is 4.26. The van der Waals surface area contributed by atoms with Gasteiger partial charge in [-0.1, -0.05) is 48.9 Å². The van der Waals surface area contributed by atoms with E-state index in [4.69, 9.17) is 16.6 Å². The van der Waals surface area contributed by atoms with E-state index in [0.29, 0.717) is 18.1 Å². The van der Waals surface area contributed by atoms with Crippen LogP contribution in [0.3, 0.4) is 0 Å². The predicted molar refractivity (Wildman–Crippen MR) is 115 cm³/mol. The van der Waals surface area contributed by atoms with Crippen molar-refractivity contribution >= 4 is 28.5 Å². The fraction of sp³-hybridized carbons (Fsp3) is 0.364. The van der Waals surface area contributed by atoms with Gasteiger partial charge in [0.05, 0.1) is 23.6 Å². The highest BCUT2D eigenvalue weighted by Gasteiger charge is 2.23. The topological polar surface area (TPSA) is 50.2 Å². The van der Waals surface area contributed by atoms with E-state index in [2.05, 4.69) is 40.8 Å². The number of amides is 1. The fourth-order valence-corrected chi connectivity index (χ4v) is 3.66.